The van der Waals surface area contributed by atoms with E-state index in [9.17, 15) is 10.2 Å². The lowest BCUT2D eigenvalue weighted by molar-refractivity contribution is -0.146. The third-order valence-corrected chi connectivity index (χ3v) is 14.8. The van der Waals surface area contributed by atoms with Crippen LogP contribution in [0.2, 0.25) is 5.04 Å². The van der Waals surface area contributed by atoms with Crippen LogP contribution in [0.15, 0.2) is 84.0 Å². The Bertz CT molecular complexity index is 1190. The van der Waals surface area contributed by atoms with Gasteiger partial charge in [0.1, 0.15) is 5.60 Å². The van der Waals surface area contributed by atoms with Crippen molar-refractivity contribution in [2.75, 3.05) is 13.2 Å². The molecule has 2 aromatic rings. The molecule has 1 unspecified atom stereocenters. The summed E-state index contributed by atoms with van der Waals surface area (Å²) < 4.78 is 20.3. The normalized spacial score (nSPS) is 29.6. The zero-order chi connectivity index (χ0) is 30.0. The van der Waals surface area contributed by atoms with Gasteiger partial charge in [-0.2, -0.15) is 0 Å². The molecule has 228 valence electrons. The average molecular weight is 591 g/mol. The van der Waals surface area contributed by atoms with E-state index in [1.807, 2.05) is 6.92 Å². The molecule has 3 aliphatic rings. The molecular formula is C36H50O5Si. The van der Waals surface area contributed by atoms with E-state index in [-0.39, 0.29) is 29.8 Å². The maximum Gasteiger partial charge on any atom is 0.261 e. The van der Waals surface area contributed by atoms with Crippen LogP contribution < -0.4 is 10.4 Å². The van der Waals surface area contributed by atoms with Crippen molar-refractivity contribution in [3.05, 3.63) is 84.0 Å². The zero-order valence-corrected chi connectivity index (χ0v) is 27.1. The Kier molecular flexibility index (Phi) is 9.63. The molecule has 0 aromatic heterocycles. The fourth-order valence-electron chi connectivity index (χ4n) is 7.52. The highest BCUT2D eigenvalue weighted by Crippen LogP contribution is 2.49. The van der Waals surface area contributed by atoms with Crippen LogP contribution in [0, 0.1) is 17.8 Å². The number of aliphatic hydroxyl groups is 2. The fourth-order valence-corrected chi connectivity index (χ4v) is 12.1. The molecule has 2 N–H and O–H groups in total. The van der Waals surface area contributed by atoms with E-state index in [0.717, 1.165) is 18.4 Å². The van der Waals surface area contributed by atoms with Crippen LogP contribution in [0.5, 0.6) is 0 Å². The van der Waals surface area contributed by atoms with Gasteiger partial charge in [0.25, 0.3) is 8.32 Å². The molecule has 1 saturated heterocycles. The predicted octanol–water partition coefficient (Wildman–Crippen LogP) is 6.09. The van der Waals surface area contributed by atoms with Crippen molar-refractivity contribution in [3.8, 4) is 0 Å². The summed E-state index contributed by atoms with van der Waals surface area (Å²) in [7, 11) is -2.71. The van der Waals surface area contributed by atoms with E-state index in [1.165, 1.54) is 35.2 Å². The molecule has 1 saturated carbocycles. The Morgan fingerprint density at radius 3 is 2.14 bits per heavy atom. The smallest absolute Gasteiger partial charge is 0.261 e. The van der Waals surface area contributed by atoms with Crippen LogP contribution in [0.25, 0.3) is 0 Å². The van der Waals surface area contributed by atoms with Gasteiger partial charge in [-0.15, -0.1) is 0 Å². The molecule has 1 aliphatic heterocycles. The second-order valence-electron chi connectivity index (χ2n) is 13.8. The standard InChI is InChI=1S/C36H50O5Si/c1-26(24-37)21-30-22-29(27(2)23-36(30)34(38)40-33(41-36)28-15-9-6-10-16-28)25-39-42(35(3,4)5,31-17-11-7-12-18-31)32-19-13-8-14-20-32/h7-8,11-14,17-22,27-28,30,33-34,37-38H,6,9-10,15-16,23-25H2,1-5H3/b26-21+/t27-,30-,33-,34?,36+/m0/s1. The quantitative estimate of drug-likeness (QED) is 0.288. The molecule has 5 rings (SSSR count). The van der Waals surface area contributed by atoms with Gasteiger partial charge in [0, 0.05) is 11.8 Å². The lowest BCUT2D eigenvalue weighted by Crippen LogP contribution is -2.66. The van der Waals surface area contributed by atoms with E-state index in [1.54, 1.807) is 0 Å². The maximum absolute atomic E-state index is 11.4. The summed E-state index contributed by atoms with van der Waals surface area (Å²) in [6, 6.07) is 21.5. The second-order valence-corrected chi connectivity index (χ2v) is 18.1. The highest BCUT2D eigenvalue weighted by Gasteiger charge is 2.57. The van der Waals surface area contributed by atoms with Gasteiger partial charge in [0.05, 0.1) is 13.2 Å². The van der Waals surface area contributed by atoms with Crippen molar-refractivity contribution in [3.63, 3.8) is 0 Å². The minimum atomic E-state index is -2.71. The summed E-state index contributed by atoms with van der Waals surface area (Å²) in [5.41, 5.74) is 1.19. The predicted molar refractivity (Wildman–Crippen MR) is 171 cm³/mol. The van der Waals surface area contributed by atoms with Gasteiger partial charge in [-0.25, -0.2) is 0 Å². The first-order chi connectivity index (χ1) is 20.1. The molecule has 2 fully saturated rings. The summed E-state index contributed by atoms with van der Waals surface area (Å²) in [5.74, 6) is 0.211. The fraction of sp³-hybridized carbons (Fsp3) is 0.556. The largest absolute Gasteiger partial charge is 0.403 e. The number of rotatable bonds is 8. The molecule has 1 heterocycles. The Labute approximate surface area is 253 Å². The van der Waals surface area contributed by atoms with Crippen LogP contribution in [0.4, 0.5) is 0 Å². The van der Waals surface area contributed by atoms with Gasteiger partial charge in [-0.3, -0.25) is 0 Å². The number of benzene rings is 2. The minimum absolute atomic E-state index is 0.0348. The van der Waals surface area contributed by atoms with Gasteiger partial charge in [0.2, 0.25) is 0 Å². The van der Waals surface area contributed by atoms with E-state index < -0.39 is 20.2 Å². The monoisotopic (exact) mass is 590 g/mol. The molecule has 2 aliphatic carbocycles. The van der Waals surface area contributed by atoms with Crippen molar-refractivity contribution >= 4 is 18.7 Å². The molecule has 5 nitrogen and oxygen atoms in total. The Morgan fingerprint density at radius 2 is 1.60 bits per heavy atom. The molecule has 0 radical (unpaired) electrons. The van der Waals surface area contributed by atoms with Crippen LogP contribution >= 0.6 is 0 Å². The van der Waals surface area contributed by atoms with Crippen molar-refractivity contribution < 1.29 is 24.1 Å². The van der Waals surface area contributed by atoms with Crippen LogP contribution in [-0.2, 0) is 13.9 Å². The topological polar surface area (TPSA) is 68.2 Å². The van der Waals surface area contributed by atoms with Gasteiger partial charge in [0.15, 0.2) is 12.6 Å². The highest BCUT2D eigenvalue weighted by atomic mass is 28.4. The summed E-state index contributed by atoms with van der Waals surface area (Å²) in [6.45, 7) is 11.5. The molecule has 0 amide bonds. The molecule has 2 aromatic carbocycles. The van der Waals surface area contributed by atoms with Gasteiger partial charge in [-0.05, 0) is 53.1 Å². The number of ether oxygens (including phenoxy) is 2. The molecule has 0 bridgehead atoms. The average Bonchev–Trinajstić information content (AvgIpc) is 3.32. The Morgan fingerprint density at radius 1 is 1.00 bits per heavy atom. The molecule has 6 heteroatoms. The number of aliphatic hydroxyl groups excluding tert-OH is 2. The van der Waals surface area contributed by atoms with Gasteiger partial charge in [-0.1, -0.05) is 125 Å². The van der Waals surface area contributed by atoms with Crippen LogP contribution in [-0.4, -0.2) is 49.9 Å². The van der Waals surface area contributed by atoms with E-state index in [0.29, 0.717) is 18.9 Å². The first kappa shape index (κ1) is 31.4. The third-order valence-electron chi connectivity index (χ3n) is 9.85. The number of hydrogen-bond donors (Lipinski definition) is 2. The first-order valence-electron chi connectivity index (χ1n) is 15.9. The summed E-state index contributed by atoms with van der Waals surface area (Å²) in [4.78, 5) is 0. The summed E-state index contributed by atoms with van der Waals surface area (Å²) >= 11 is 0. The van der Waals surface area contributed by atoms with Crippen molar-refractivity contribution in [1.29, 1.82) is 0 Å². The minimum Gasteiger partial charge on any atom is -0.403 e. The van der Waals surface area contributed by atoms with Crippen molar-refractivity contribution in [2.24, 2.45) is 17.8 Å². The highest BCUT2D eigenvalue weighted by molar-refractivity contribution is 6.99. The third kappa shape index (κ3) is 5.99. The van der Waals surface area contributed by atoms with Crippen LogP contribution in [0.3, 0.4) is 0 Å². The second kappa shape index (κ2) is 12.9. The van der Waals surface area contributed by atoms with E-state index in [4.69, 9.17) is 13.9 Å². The lowest BCUT2D eigenvalue weighted by Gasteiger charge is -2.45. The first-order valence-corrected chi connectivity index (χ1v) is 17.8. The van der Waals surface area contributed by atoms with Crippen molar-refractivity contribution in [2.45, 2.75) is 96.4 Å². The van der Waals surface area contributed by atoms with Gasteiger partial charge < -0.3 is 24.1 Å². The number of hydrogen-bond acceptors (Lipinski definition) is 5. The molecule has 5 atom stereocenters. The molecular weight excluding hydrogens is 540 g/mol. The van der Waals surface area contributed by atoms with Crippen LogP contribution in [0.1, 0.15) is 73.1 Å². The Hall–Kier alpha value is -2.06. The summed E-state index contributed by atoms with van der Waals surface area (Å²) in [5, 5.41) is 23.8. The van der Waals surface area contributed by atoms with E-state index >= 15 is 0 Å². The van der Waals surface area contributed by atoms with E-state index in [2.05, 4.69) is 101 Å². The molecule has 1 spiro atoms. The lowest BCUT2D eigenvalue weighted by atomic mass is 9.71. The summed E-state index contributed by atoms with van der Waals surface area (Å²) in [6.07, 6.45) is 9.30. The van der Waals surface area contributed by atoms with Crippen molar-refractivity contribution in [1.82, 2.24) is 0 Å². The van der Waals surface area contributed by atoms with Gasteiger partial charge >= 0.3 is 0 Å². The SMILES string of the molecule is C/C(=C\[C@H]1C=C(CO[Si](c2ccccc2)(c2ccccc2)C(C)(C)C)[C@@H](C)C[C@@]12O[C@@H](C1CCCCC1)OC2O)CO. The maximum atomic E-state index is 11.4. The Balaban J connectivity index is 1.50. The zero-order valence-electron chi connectivity index (χ0n) is 26.1. The molecule has 42 heavy (non-hydrogen) atoms.